The Kier molecular flexibility index (Phi) is 4.69. The summed E-state index contributed by atoms with van der Waals surface area (Å²) in [5.74, 6) is 0.917. The highest BCUT2D eigenvalue weighted by Crippen LogP contribution is 2.03. The molecule has 3 nitrogen and oxygen atoms in total. The molecule has 1 aromatic rings. The molecule has 1 N–H and O–H groups in total. The maximum absolute atomic E-state index is 4.50. The van der Waals surface area contributed by atoms with Gasteiger partial charge in [0.2, 0.25) is 0 Å². The molecule has 0 fully saturated rings. The van der Waals surface area contributed by atoms with Gasteiger partial charge in [0.05, 0.1) is 6.54 Å². The molecule has 0 saturated carbocycles. The molecule has 84 valence electrons. The number of nitrogens with one attached hydrogen (secondary N) is 1. The third-order valence-electron chi connectivity index (χ3n) is 2.27. The van der Waals surface area contributed by atoms with Crippen LogP contribution >= 0.6 is 0 Å². The van der Waals surface area contributed by atoms with Gasteiger partial charge in [-0.05, 0) is 18.9 Å². The molecule has 0 aliphatic carbocycles. The lowest BCUT2D eigenvalue weighted by Crippen LogP contribution is -2.23. The molecule has 0 radical (unpaired) electrons. The molecule has 1 aromatic heterocycles. The zero-order valence-electron chi connectivity index (χ0n) is 10.2. The standard InChI is InChI=1S/C12H21N3/c1-5-10-7-11(6-2)15-12(14-10)8-13-9(3)4/h7,9,13H,5-6,8H2,1-4H3. The van der Waals surface area contributed by atoms with Crippen LogP contribution in [0.15, 0.2) is 6.07 Å². The molecule has 3 heteroatoms. The van der Waals surface area contributed by atoms with Crippen molar-refractivity contribution >= 4 is 0 Å². The first-order chi connectivity index (χ1) is 7.15. The smallest absolute Gasteiger partial charge is 0.142 e. The number of nitrogens with zero attached hydrogens (tertiary/aromatic N) is 2. The summed E-state index contributed by atoms with van der Waals surface area (Å²) in [4.78, 5) is 9.00. The van der Waals surface area contributed by atoms with E-state index in [2.05, 4.69) is 49.0 Å². The summed E-state index contributed by atoms with van der Waals surface area (Å²) in [6.45, 7) is 9.27. The second-order valence-corrected chi connectivity index (χ2v) is 4.01. The highest BCUT2D eigenvalue weighted by molar-refractivity contribution is 5.11. The molecule has 1 rings (SSSR count). The Labute approximate surface area is 92.3 Å². The van der Waals surface area contributed by atoms with E-state index in [1.165, 1.54) is 0 Å². The van der Waals surface area contributed by atoms with Crippen molar-refractivity contribution in [3.05, 3.63) is 23.3 Å². The fraction of sp³-hybridized carbons (Fsp3) is 0.667. The predicted octanol–water partition coefficient (Wildman–Crippen LogP) is 2.10. The number of aromatic nitrogens is 2. The highest BCUT2D eigenvalue weighted by Gasteiger charge is 2.03. The van der Waals surface area contributed by atoms with Gasteiger partial charge in [-0.15, -0.1) is 0 Å². The lowest BCUT2D eigenvalue weighted by Gasteiger charge is -2.09. The van der Waals surface area contributed by atoms with Crippen LogP contribution in [0, 0.1) is 0 Å². The van der Waals surface area contributed by atoms with Crippen LogP contribution in [0.4, 0.5) is 0 Å². The maximum Gasteiger partial charge on any atom is 0.142 e. The van der Waals surface area contributed by atoms with Gasteiger partial charge in [-0.2, -0.15) is 0 Å². The summed E-state index contributed by atoms with van der Waals surface area (Å²) in [7, 11) is 0. The van der Waals surface area contributed by atoms with Gasteiger partial charge in [-0.25, -0.2) is 9.97 Å². The Morgan fingerprint density at radius 3 is 2.07 bits per heavy atom. The van der Waals surface area contributed by atoms with Gasteiger partial charge in [-0.1, -0.05) is 27.7 Å². The van der Waals surface area contributed by atoms with Crippen molar-refractivity contribution in [3.63, 3.8) is 0 Å². The van der Waals surface area contributed by atoms with Crippen LogP contribution in [0.25, 0.3) is 0 Å². The quantitative estimate of drug-likeness (QED) is 0.803. The van der Waals surface area contributed by atoms with Gasteiger partial charge in [0, 0.05) is 17.4 Å². The van der Waals surface area contributed by atoms with Crippen molar-refractivity contribution in [1.29, 1.82) is 0 Å². The molecule has 0 aliphatic heterocycles. The first-order valence-electron chi connectivity index (χ1n) is 5.74. The molecule has 0 amide bonds. The third-order valence-corrected chi connectivity index (χ3v) is 2.27. The zero-order valence-corrected chi connectivity index (χ0v) is 10.2. The first kappa shape index (κ1) is 12.1. The van der Waals surface area contributed by atoms with Crippen molar-refractivity contribution in [1.82, 2.24) is 15.3 Å². The van der Waals surface area contributed by atoms with E-state index in [1.54, 1.807) is 0 Å². The molecule has 0 aliphatic rings. The lowest BCUT2D eigenvalue weighted by atomic mass is 10.2. The lowest BCUT2D eigenvalue weighted by molar-refractivity contribution is 0.569. The van der Waals surface area contributed by atoms with Crippen molar-refractivity contribution in [2.75, 3.05) is 0 Å². The molecule has 0 spiro atoms. The van der Waals surface area contributed by atoms with Crippen LogP contribution < -0.4 is 5.32 Å². The summed E-state index contributed by atoms with van der Waals surface area (Å²) in [6, 6.07) is 2.57. The van der Waals surface area contributed by atoms with Gasteiger partial charge in [0.15, 0.2) is 0 Å². The molecule has 1 heterocycles. The topological polar surface area (TPSA) is 37.8 Å². The molecule has 0 bridgehead atoms. The van der Waals surface area contributed by atoms with Gasteiger partial charge >= 0.3 is 0 Å². The number of hydrogen-bond acceptors (Lipinski definition) is 3. The Hall–Kier alpha value is -0.960. The van der Waals surface area contributed by atoms with Crippen LogP contribution in [0.5, 0.6) is 0 Å². The van der Waals surface area contributed by atoms with Crippen LogP contribution in [-0.4, -0.2) is 16.0 Å². The van der Waals surface area contributed by atoms with Crippen LogP contribution in [0.2, 0.25) is 0 Å². The second-order valence-electron chi connectivity index (χ2n) is 4.01. The van der Waals surface area contributed by atoms with Crippen molar-refractivity contribution in [2.24, 2.45) is 0 Å². The normalized spacial score (nSPS) is 11.0. The SMILES string of the molecule is CCc1cc(CC)nc(CNC(C)C)n1. The summed E-state index contributed by atoms with van der Waals surface area (Å²) >= 11 is 0. The van der Waals surface area contributed by atoms with Gasteiger partial charge in [-0.3, -0.25) is 0 Å². The Morgan fingerprint density at radius 1 is 1.13 bits per heavy atom. The van der Waals surface area contributed by atoms with E-state index in [0.29, 0.717) is 6.04 Å². The Balaban J connectivity index is 2.77. The first-order valence-corrected chi connectivity index (χ1v) is 5.74. The van der Waals surface area contributed by atoms with Crippen molar-refractivity contribution in [2.45, 2.75) is 53.1 Å². The largest absolute Gasteiger partial charge is 0.308 e. The molecular formula is C12H21N3. The van der Waals surface area contributed by atoms with E-state index in [1.807, 2.05) is 0 Å². The Morgan fingerprint density at radius 2 is 1.67 bits per heavy atom. The minimum atomic E-state index is 0.476. The molecule has 0 atom stereocenters. The molecule has 15 heavy (non-hydrogen) atoms. The fourth-order valence-electron chi connectivity index (χ4n) is 1.35. The minimum absolute atomic E-state index is 0.476. The van der Waals surface area contributed by atoms with Gasteiger partial charge in [0.25, 0.3) is 0 Å². The fourth-order valence-corrected chi connectivity index (χ4v) is 1.35. The molecule has 0 saturated heterocycles. The highest BCUT2D eigenvalue weighted by atomic mass is 15.0. The second kappa shape index (κ2) is 5.81. The van der Waals surface area contributed by atoms with E-state index in [9.17, 15) is 0 Å². The van der Waals surface area contributed by atoms with E-state index in [-0.39, 0.29) is 0 Å². The Bertz CT molecular complexity index is 285. The average Bonchev–Trinajstić information content (AvgIpc) is 2.25. The molecule has 0 unspecified atom stereocenters. The summed E-state index contributed by atoms with van der Waals surface area (Å²) < 4.78 is 0. The predicted molar refractivity (Wildman–Crippen MR) is 62.8 cm³/mol. The van der Waals surface area contributed by atoms with E-state index >= 15 is 0 Å². The molecule has 0 aromatic carbocycles. The van der Waals surface area contributed by atoms with E-state index in [0.717, 1.165) is 36.6 Å². The zero-order chi connectivity index (χ0) is 11.3. The third kappa shape index (κ3) is 3.96. The average molecular weight is 207 g/mol. The summed E-state index contributed by atoms with van der Waals surface area (Å²) in [5.41, 5.74) is 2.28. The van der Waals surface area contributed by atoms with Crippen LogP contribution in [-0.2, 0) is 19.4 Å². The van der Waals surface area contributed by atoms with Crippen molar-refractivity contribution in [3.8, 4) is 0 Å². The van der Waals surface area contributed by atoms with Crippen molar-refractivity contribution < 1.29 is 0 Å². The number of rotatable bonds is 5. The monoisotopic (exact) mass is 207 g/mol. The van der Waals surface area contributed by atoms with Gasteiger partial charge < -0.3 is 5.32 Å². The van der Waals surface area contributed by atoms with Gasteiger partial charge in [0.1, 0.15) is 5.82 Å². The summed E-state index contributed by atoms with van der Waals surface area (Å²) in [5, 5.41) is 3.34. The van der Waals surface area contributed by atoms with E-state index < -0.39 is 0 Å². The van der Waals surface area contributed by atoms with Crippen LogP contribution in [0.1, 0.15) is 44.9 Å². The minimum Gasteiger partial charge on any atom is -0.308 e. The molecular weight excluding hydrogens is 186 g/mol. The summed E-state index contributed by atoms with van der Waals surface area (Å²) in [6.07, 6.45) is 1.95. The number of aryl methyl sites for hydroxylation is 2. The van der Waals surface area contributed by atoms with Crippen LogP contribution in [0.3, 0.4) is 0 Å². The number of hydrogen-bond donors (Lipinski definition) is 1. The maximum atomic E-state index is 4.50. The van der Waals surface area contributed by atoms with E-state index in [4.69, 9.17) is 0 Å².